The van der Waals surface area contributed by atoms with Crippen molar-refractivity contribution in [3.05, 3.63) is 0 Å². The van der Waals surface area contributed by atoms with Gasteiger partial charge in [0.2, 0.25) is 9.05 Å². The molecule has 0 heterocycles. The van der Waals surface area contributed by atoms with Gasteiger partial charge in [0.1, 0.15) is 9.84 Å². The van der Waals surface area contributed by atoms with E-state index in [0.717, 1.165) is 6.26 Å². The van der Waals surface area contributed by atoms with Crippen molar-refractivity contribution in [1.29, 1.82) is 0 Å². The standard InChI is InChI=1S/C8H15ClO4S2/c1-7(6-14(2,10)11)5-8(3-4-8)15(9,12)13/h7H,3-6H2,1-2H3. The van der Waals surface area contributed by atoms with Crippen molar-refractivity contribution in [2.45, 2.75) is 30.9 Å². The topological polar surface area (TPSA) is 68.3 Å². The summed E-state index contributed by atoms with van der Waals surface area (Å²) in [5, 5.41) is 0. The second-order valence-corrected chi connectivity index (χ2v) is 9.67. The molecule has 7 heteroatoms. The van der Waals surface area contributed by atoms with Crippen LogP contribution in [0.1, 0.15) is 26.2 Å². The Labute approximate surface area is 95.3 Å². The van der Waals surface area contributed by atoms with E-state index >= 15 is 0 Å². The molecule has 0 radical (unpaired) electrons. The molecule has 0 saturated heterocycles. The van der Waals surface area contributed by atoms with Gasteiger partial charge < -0.3 is 0 Å². The zero-order valence-corrected chi connectivity index (χ0v) is 11.1. The number of halogens is 1. The molecule has 1 unspecified atom stereocenters. The summed E-state index contributed by atoms with van der Waals surface area (Å²) in [6.07, 6.45) is 2.59. The minimum Gasteiger partial charge on any atom is -0.229 e. The normalized spacial score (nSPS) is 22.3. The van der Waals surface area contributed by atoms with Crippen molar-refractivity contribution in [2.24, 2.45) is 5.92 Å². The van der Waals surface area contributed by atoms with Crippen LogP contribution in [0.5, 0.6) is 0 Å². The van der Waals surface area contributed by atoms with Crippen LogP contribution in [0.3, 0.4) is 0 Å². The Bertz CT molecular complexity index is 433. The first kappa shape index (κ1) is 13.3. The molecule has 0 amide bonds. The van der Waals surface area contributed by atoms with Gasteiger partial charge in [-0.1, -0.05) is 6.92 Å². The maximum Gasteiger partial charge on any atom is 0.238 e. The average Bonchev–Trinajstić information content (AvgIpc) is 2.61. The molecule has 0 aliphatic heterocycles. The van der Waals surface area contributed by atoms with Crippen LogP contribution >= 0.6 is 10.7 Å². The number of rotatable bonds is 5. The van der Waals surface area contributed by atoms with E-state index in [1.807, 2.05) is 0 Å². The third-order valence-corrected chi connectivity index (χ3v) is 6.40. The molecule has 1 fully saturated rings. The van der Waals surface area contributed by atoms with Gasteiger partial charge in [-0.3, -0.25) is 0 Å². The molecule has 1 atom stereocenters. The second-order valence-electron chi connectivity index (χ2n) is 4.52. The van der Waals surface area contributed by atoms with Gasteiger partial charge in [-0.2, -0.15) is 0 Å². The summed E-state index contributed by atoms with van der Waals surface area (Å²) >= 11 is 0. The van der Waals surface area contributed by atoms with Gasteiger partial charge in [0.15, 0.2) is 0 Å². The Balaban J connectivity index is 2.65. The molecular formula is C8H15ClO4S2. The second kappa shape index (κ2) is 3.89. The molecular weight excluding hydrogens is 260 g/mol. The van der Waals surface area contributed by atoms with E-state index in [1.165, 1.54) is 0 Å². The van der Waals surface area contributed by atoms with Crippen LogP contribution in [0.25, 0.3) is 0 Å². The lowest BCUT2D eigenvalue weighted by molar-refractivity contribution is 0.517. The molecule has 0 bridgehead atoms. The monoisotopic (exact) mass is 274 g/mol. The lowest BCUT2D eigenvalue weighted by Crippen LogP contribution is -2.24. The molecule has 15 heavy (non-hydrogen) atoms. The van der Waals surface area contributed by atoms with Gasteiger partial charge in [0, 0.05) is 16.9 Å². The van der Waals surface area contributed by atoms with Crippen LogP contribution < -0.4 is 0 Å². The number of hydrogen-bond donors (Lipinski definition) is 0. The smallest absolute Gasteiger partial charge is 0.229 e. The van der Waals surface area contributed by atoms with E-state index in [0.29, 0.717) is 19.3 Å². The molecule has 1 aliphatic carbocycles. The van der Waals surface area contributed by atoms with Gasteiger partial charge in [-0.15, -0.1) is 0 Å². The number of hydrogen-bond acceptors (Lipinski definition) is 4. The summed E-state index contributed by atoms with van der Waals surface area (Å²) < 4.78 is 43.6. The first-order valence-corrected chi connectivity index (χ1v) is 9.05. The SMILES string of the molecule is CC(CC1(S(=O)(=O)Cl)CC1)CS(C)(=O)=O. The molecule has 0 spiro atoms. The fourth-order valence-corrected chi connectivity index (χ4v) is 4.77. The third-order valence-electron chi connectivity index (χ3n) is 2.63. The van der Waals surface area contributed by atoms with Gasteiger partial charge in [0.25, 0.3) is 0 Å². The van der Waals surface area contributed by atoms with Crippen LogP contribution in [-0.2, 0) is 18.9 Å². The number of sulfone groups is 1. The largest absolute Gasteiger partial charge is 0.238 e. The first-order valence-electron chi connectivity index (χ1n) is 4.68. The summed E-state index contributed by atoms with van der Waals surface area (Å²) in [6.45, 7) is 1.74. The molecule has 1 aliphatic rings. The van der Waals surface area contributed by atoms with Crippen molar-refractivity contribution in [3.8, 4) is 0 Å². The highest BCUT2D eigenvalue weighted by Gasteiger charge is 2.54. The molecule has 0 N–H and O–H groups in total. The van der Waals surface area contributed by atoms with Crippen LogP contribution in [0, 0.1) is 5.92 Å². The summed E-state index contributed by atoms with van der Waals surface area (Å²) in [5.74, 6) is -0.155. The van der Waals surface area contributed by atoms with Crippen molar-refractivity contribution >= 4 is 29.6 Å². The summed E-state index contributed by atoms with van der Waals surface area (Å²) in [7, 11) is -1.29. The quantitative estimate of drug-likeness (QED) is 0.706. The predicted octanol–water partition coefficient (Wildman–Crippen LogP) is 1.16. The van der Waals surface area contributed by atoms with E-state index in [-0.39, 0.29) is 11.7 Å². The maximum absolute atomic E-state index is 11.2. The van der Waals surface area contributed by atoms with Crippen LogP contribution in [0.15, 0.2) is 0 Å². The fraction of sp³-hybridized carbons (Fsp3) is 1.00. The maximum atomic E-state index is 11.2. The van der Waals surface area contributed by atoms with Crippen LogP contribution in [0.4, 0.5) is 0 Å². The van der Waals surface area contributed by atoms with E-state index < -0.39 is 23.6 Å². The van der Waals surface area contributed by atoms with E-state index in [2.05, 4.69) is 0 Å². The minimum absolute atomic E-state index is 0.0150. The highest BCUT2D eigenvalue weighted by Crippen LogP contribution is 2.50. The Morgan fingerprint density at radius 1 is 1.27 bits per heavy atom. The predicted molar refractivity (Wildman–Crippen MR) is 60.2 cm³/mol. The van der Waals surface area contributed by atoms with Crippen molar-refractivity contribution < 1.29 is 16.8 Å². The lowest BCUT2D eigenvalue weighted by Gasteiger charge is -2.16. The van der Waals surface area contributed by atoms with Crippen molar-refractivity contribution in [3.63, 3.8) is 0 Å². The van der Waals surface area contributed by atoms with Gasteiger partial charge in [0.05, 0.1) is 10.5 Å². The van der Waals surface area contributed by atoms with Crippen molar-refractivity contribution in [1.82, 2.24) is 0 Å². The van der Waals surface area contributed by atoms with Crippen LogP contribution in [0.2, 0.25) is 0 Å². The average molecular weight is 275 g/mol. The van der Waals surface area contributed by atoms with Crippen molar-refractivity contribution in [2.75, 3.05) is 12.0 Å². The Hall–Kier alpha value is 0.190. The molecule has 0 aromatic rings. The Morgan fingerprint density at radius 2 is 1.73 bits per heavy atom. The zero-order valence-electron chi connectivity index (χ0n) is 8.73. The highest BCUT2D eigenvalue weighted by molar-refractivity contribution is 8.15. The van der Waals surface area contributed by atoms with Gasteiger partial charge >= 0.3 is 0 Å². The third kappa shape index (κ3) is 3.60. The fourth-order valence-electron chi connectivity index (χ4n) is 1.90. The molecule has 0 aromatic heterocycles. The van der Waals surface area contributed by atoms with E-state index in [4.69, 9.17) is 10.7 Å². The molecule has 1 saturated carbocycles. The molecule has 0 aromatic carbocycles. The summed E-state index contributed by atoms with van der Waals surface area (Å²) in [5.41, 5.74) is 0. The summed E-state index contributed by atoms with van der Waals surface area (Å²) in [4.78, 5) is 0. The molecule has 4 nitrogen and oxygen atoms in total. The Kier molecular flexibility index (Phi) is 3.44. The zero-order chi connectivity index (χ0) is 11.9. The highest BCUT2D eigenvalue weighted by atomic mass is 35.7. The minimum atomic E-state index is -3.56. The van der Waals surface area contributed by atoms with Crippen LogP contribution in [-0.4, -0.2) is 33.6 Å². The van der Waals surface area contributed by atoms with E-state index in [1.54, 1.807) is 6.92 Å². The Morgan fingerprint density at radius 3 is 2.00 bits per heavy atom. The first-order chi connectivity index (χ1) is 6.56. The summed E-state index contributed by atoms with van der Waals surface area (Å²) in [6, 6.07) is 0. The lowest BCUT2D eigenvalue weighted by atomic mass is 10.1. The van der Waals surface area contributed by atoms with Gasteiger partial charge in [-0.25, -0.2) is 16.8 Å². The van der Waals surface area contributed by atoms with Gasteiger partial charge in [-0.05, 0) is 25.2 Å². The van der Waals surface area contributed by atoms with E-state index in [9.17, 15) is 16.8 Å². The molecule has 90 valence electrons. The molecule has 1 rings (SSSR count).